The number of aromatic nitrogens is 6. The number of hydrogen-bond donors (Lipinski definition) is 0. The number of fused-ring (bicyclic) bond motifs is 1. The largest absolute Gasteiger partial charge is 0.356 e. The molecule has 0 N–H and O–H groups in total. The van der Waals surface area contributed by atoms with Crippen LogP contribution in [0.2, 0.25) is 0 Å². The Hall–Kier alpha value is -2.77. The molecular weight excluding hydrogens is 342 g/mol. The number of hydrogen-bond acceptors (Lipinski definition) is 6. The zero-order valence-corrected chi connectivity index (χ0v) is 16.0. The van der Waals surface area contributed by atoms with Crippen LogP contribution in [0.4, 0.5) is 5.82 Å². The van der Waals surface area contributed by atoms with Crippen LogP contribution in [-0.2, 0) is 6.54 Å². The minimum absolute atomic E-state index is 0.0249. The first kappa shape index (κ1) is 17.6. The van der Waals surface area contributed by atoms with Crippen molar-refractivity contribution in [2.75, 3.05) is 18.0 Å². The smallest absolute Gasteiger partial charge is 0.266 e. The van der Waals surface area contributed by atoms with E-state index in [-0.39, 0.29) is 5.56 Å². The standard InChI is InChI=1S/C19H25N7O/c1-13(2)16-10-17(26-19(22-16)20-12-21-26)24-8-6-15(7-9-24)11-25-18(27)5-4-14(3)23-25/h4-5,10,12-13,15H,6-9,11H2,1-3H3. The quantitative estimate of drug-likeness (QED) is 0.702. The van der Waals surface area contributed by atoms with Crippen LogP contribution in [0, 0.1) is 12.8 Å². The van der Waals surface area contributed by atoms with Crippen molar-refractivity contribution in [3.63, 3.8) is 0 Å². The summed E-state index contributed by atoms with van der Waals surface area (Å²) in [5, 5.41) is 8.72. The van der Waals surface area contributed by atoms with E-state index in [0.29, 0.717) is 24.2 Å². The van der Waals surface area contributed by atoms with Crippen molar-refractivity contribution in [3.05, 3.63) is 46.3 Å². The Morgan fingerprint density at radius 1 is 1.22 bits per heavy atom. The van der Waals surface area contributed by atoms with Crippen LogP contribution >= 0.6 is 0 Å². The SMILES string of the molecule is Cc1ccc(=O)n(CC2CCN(c3cc(C(C)C)nc4ncnn34)CC2)n1. The van der Waals surface area contributed by atoms with E-state index in [1.165, 1.54) is 0 Å². The van der Waals surface area contributed by atoms with Crippen LogP contribution < -0.4 is 10.5 Å². The molecule has 0 bridgehead atoms. The predicted octanol–water partition coefficient (Wildman–Crippen LogP) is 2.03. The van der Waals surface area contributed by atoms with E-state index in [2.05, 4.69) is 45.0 Å². The highest BCUT2D eigenvalue weighted by Crippen LogP contribution is 2.26. The van der Waals surface area contributed by atoms with Gasteiger partial charge in [0.05, 0.1) is 11.4 Å². The van der Waals surface area contributed by atoms with Gasteiger partial charge in [-0.15, -0.1) is 0 Å². The first-order chi connectivity index (χ1) is 13.0. The summed E-state index contributed by atoms with van der Waals surface area (Å²) in [5.41, 5.74) is 1.88. The summed E-state index contributed by atoms with van der Waals surface area (Å²) in [5.74, 6) is 2.48. The van der Waals surface area contributed by atoms with E-state index in [0.717, 1.165) is 43.1 Å². The van der Waals surface area contributed by atoms with Gasteiger partial charge in [-0.25, -0.2) is 9.67 Å². The molecule has 0 aliphatic carbocycles. The van der Waals surface area contributed by atoms with E-state index in [4.69, 9.17) is 0 Å². The van der Waals surface area contributed by atoms with Gasteiger partial charge in [0.1, 0.15) is 12.1 Å². The van der Waals surface area contributed by atoms with Crippen LogP contribution in [0.1, 0.15) is 44.0 Å². The molecule has 8 heteroatoms. The zero-order valence-electron chi connectivity index (χ0n) is 16.0. The molecule has 1 saturated heterocycles. The van der Waals surface area contributed by atoms with E-state index < -0.39 is 0 Å². The predicted molar refractivity (Wildman–Crippen MR) is 103 cm³/mol. The second-order valence-electron chi connectivity index (χ2n) is 7.59. The lowest BCUT2D eigenvalue weighted by atomic mass is 9.96. The van der Waals surface area contributed by atoms with Crippen molar-refractivity contribution in [2.45, 2.75) is 46.1 Å². The fraction of sp³-hybridized carbons (Fsp3) is 0.526. The van der Waals surface area contributed by atoms with Gasteiger partial charge in [-0.1, -0.05) is 13.8 Å². The minimum atomic E-state index is -0.0249. The summed E-state index contributed by atoms with van der Waals surface area (Å²) in [7, 11) is 0. The Kier molecular flexibility index (Phi) is 4.63. The fourth-order valence-corrected chi connectivity index (χ4v) is 3.61. The molecule has 0 radical (unpaired) electrons. The first-order valence-corrected chi connectivity index (χ1v) is 9.51. The van der Waals surface area contributed by atoms with Crippen LogP contribution in [0.25, 0.3) is 5.78 Å². The molecule has 27 heavy (non-hydrogen) atoms. The van der Waals surface area contributed by atoms with Crippen molar-refractivity contribution in [2.24, 2.45) is 5.92 Å². The number of anilines is 1. The van der Waals surface area contributed by atoms with Gasteiger partial charge in [0.25, 0.3) is 11.3 Å². The topological polar surface area (TPSA) is 81.2 Å². The van der Waals surface area contributed by atoms with Crippen molar-refractivity contribution in [1.82, 2.24) is 29.4 Å². The summed E-state index contributed by atoms with van der Waals surface area (Å²) in [6.45, 7) is 8.71. The van der Waals surface area contributed by atoms with Crippen LogP contribution in [-0.4, -0.2) is 42.5 Å². The van der Waals surface area contributed by atoms with Gasteiger partial charge in [-0.05, 0) is 37.7 Å². The number of piperidine rings is 1. The summed E-state index contributed by atoms with van der Waals surface area (Å²) in [6, 6.07) is 5.49. The molecule has 3 aromatic heterocycles. The highest BCUT2D eigenvalue weighted by Gasteiger charge is 2.23. The van der Waals surface area contributed by atoms with Gasteiger partial charge in [0.15, 0.2) is 0 Å². The molecule has 1 aliphatic rings. The lowest BCUT2D eigenvalue weighted by Crippen LogP contribution is -2.38. The molecule has 1 fully saturated rings. The average Bonchev–Trinajstić information content (AvgIpc) is 3.13. The molecular formula is C19H25N7O. The monoisotopic (exact) mass is 367 g/mol. The van der Waals surface area contributed by atoms with Crippen molar-refractivity contribution < 1.29 is 0 Å². The molecule has 0 amide bonds. The zero-order chi connectivity index (χ0) is 19.0. The minimum Gasteiger partial charge on any atom is -0.356 e. The summed E-state index contributed by atoms with van der Waals surface area (Å²) < 4.78 is 3.42. The number of rotatable bonds is 4. The van der Waals surface area contributed by atoms with Crippen molar-refractivity contribution in [3.8, 4) is 0 Å². The molecule has 8 nitrogen and oxygen atoms in total. The lowest BCUT2D eigenvalue weighted by Gasteiger charge is -2.33. The second kappa shape index (κ2) is 7.09. The maximum absolute atomic E-state index is 12.0. The molecule has 0 atom stereocenters. The van der Waals surface area contributed by atoms with Gasteiger partial charge in [0.2, 0.25) is 0 Å². The normalized spacial score (nSPS) is 15.8. The Morgan fingerprint density at radius 2 is 2.00 bits per heavy atom. The van der Waals surface area contributed by atoms with Gasteiger partial charge in [-0.2, -0.15) is 19.7 Å². The maximum atomic E-state index is 12.0. The molecule has 0 unspecified atom stereocenters. The van der Waals surface area contributed by atoms with Crippen molar-refractivity contribution >= 4 is 11.6 Å². The van der Waals surface area contributed by atoms with E-state index in [1.54, 1.807) is 23.1 Å². The molecule has 1 aliphatic heterocycles. The molecule has 4 rings (SSSR count). The van der Waals surface area contributed by atoms with E-state index in [1.807, 2.05) is 11.4 Å². The summed E-state index contributed by atoms with van der Waals surface area (Å²) in [6.07, 6.45) is 3.58. The Morgan fingerprint density at radius 3 is 2.74 bits per heavy atom. The summed E-state index contributed by atoms with van der Waals surface area (Å²) >= 11 is 0. The number of aryl methyl sites for hydroxylation is 1. The van der Waals surface area contributed by atoms with E-state index in [9.17, 15) is 4.79 Å². The third kappa shape index (κ3) is 3.56. The van der Waals surface area contributed by atoms with Gasteiger partial charge >= 0.3 is 0 Å². The highest BCUT2D eigenvalue weighted by molar-refractivity contribution is 5.48. The lowest BCUT2D eigenvalue weighted by molar-refractivity contribution is 0.333. The van der Waals surface area contributed by atoms with Gasteiger partial charge in [0, 0.05) is 31.8 Å². The Labute approximate surface area is 157 Å². The summed E-state index contributed by atoms with van der Waals surface area (Å²) in [4.78, 5) is 23.2. The molecule has 3 aromatic rings. The van der Waals surface area contributed by atoms with E-state index >= 15 is 0 Å². The second-order valence-corrected chi connectivity index (χ2v) is 7.59. The van der Waals surface area contributed by atoms with Crippen LogP contribution in [0.15, 0.2) is 29.3 Å². The first-order valence-electron chi connectivity index (χ1n) is 9.51. The molecule has 142 valence electrons. The molecule has 0 aromatic carbocycles. The Balaban J connectivity index is 1.51. The third-order valence-corrected chi connectivity index (χ3v) is 5.21. The molecule has 0 spiro atoms. The van der Waals surface area contributed by atoms with Crippen LogP contribution in [0.5, 0.6) is 0 Å². The maximum Gasteiger partial charge on any atom is 0.266 e. The van der Waals surface area contributed by atoms with Crippen LogP contribution in [0.3, 0.4) is 0 Å². The molecule has 4 heterocycles. The highest BCUT2D eigenvalue weighted by atomic mass is 16.1. The van der Waals surface area contributed by atoms with Gasteiger partial charge < -0.3 is 4.90 Å². The fourth-order valence-electron chi connectivity index (χ4n) is 3.61. The average molecular weight is 367 g/mol. The Bertz CT molecular complexity index is 999. The van der Waals surface area contributed by atoms with Crippen molar-refractivity contribution in [1.29, 1.82) is 0 Å². The molecule has 0 saturated carbocycles. The van der Waals surface area contributed by atoms with Gasteiger partial charge in [-0.3, -0.25) is 4.79 Å². The number of nitrogens with zero attached hydrogens (tertiary/aromatic N) is 7. The third-order valence-electron chi connectivity index (χ3n) is 5.21.